The number of nitrogens with one attached hydrogen (secondary N) is 1. The van der Waals surface area contributed by atoms with Gasteiger partial charge in [-0.3, -0.25) is 4.79 Å². The van der Waals surface area contributed by atoms with Crippen LogP contribution in [0.2, 0.25) is 0 Å². The van der Waals surface area contributed by atoms with Gasteiger partial charge in [0.25, 0.3) is 0 Å². The first-order valence-corrected chi connectivity index (χ1v) is 7.65. The Hall–Kier alpha value is 0.346. The van der Waals surface area contributed by atoms with Gasteiger partial charge in [-0.2, -0.15) is 13.6 Å². The van der Waals surface area contributed by atoms with Crippen LogP contribution in [0.5, 0.6) is 0 Å². The molecule has 0 spiro atoms. The molecule has 0 radical (unpaired) electrons. The Morgan fingerprint density at radius 1 is 1.38 bits per heavy atom. The van der Waals surface area contributed by atoms with Gasteiger partial charge in [-0.1, -0.05) is 6.92 Å². The zero-order valence-electron chi connectivity index (χ0n) is 13.9. The molecule has 5 heteroatoms. The summed E-state index contributed by atoms with van der Waals surface area (Å²) in [5.41, 5.74) is 4.30. The van der Waals surface area contributed by atoms with Crippen LogP contribution in [-0.4, -0.2) is 44.0 Å². The van der Waals surface area contributed by atoms with Gasteiger partial charge in [-0.15, -0.1) is 0 Å². The molecule has 3 heterocycles. The van der Waals surface area contributed by atoms with E-state index in [2.05, 4.69) is 16.7 Å². The van der Waals surface area contributed by atoms with Crippen molar-refractivity contribution in [1.29, 1.82) is 0 Å². The van der Waals surface area contributed by atoms with Crippen molar-refractivity contribution in [2.45, 2.75) is 45.1 Å². The maximum absolute atomic E-state index is 11.7. The fourth-order valence-electron chi connectivity index (χ4n) is 3.03. The molecule has 3 aliphatic heterocycles. The number of rotatable bonds is 2. The molecule has 0 saturated carbocycles. The summed E-state index contributed by atoms with van der Waals surface area (Å²) in [5, 5.41) is 7.15. The van der Waals surface area contributed by atoms with E-state index >= 15 is 0 Å². The molecule has 4 rings (SSSR count). The number of carbonyl (C=O) groups is 1. The van der Waals surface area contributed by atoms with Gasteiger partial charge in [-0.25, -0.2) is 0 Å². The van der Waals surface area contributed by atoms with Gasteiger partial charge in [0.05, 0.1) is 6.04 Å². The third-order valence-corrected chi connectivity index (χ3v) is 4.37. The van der Waals surface area contributed by atoms with Crippen LogP contribution in [0.15, 0.2) is 22.9 Å². The van der Waals surface area contributed by atoms with E-state index in [1.54, 1.807) is 7.05 Å². The summed E-state index contributed by atoms with van der Waals surface area (Å²) in [6.07, 6.45) is 7.52. The molecule has 21 heavy (non-hydrogen) atoms. The number of likely N-dealkylation sites (N-methyl/N-ethyl adjacent to an activating group) is 1. The number of hydrogen-bond acceptors (Lipinski definition) is 2. The number of carbonyl (C=O) groups excluding carboxylic acids is 1. The smallest absolute Gasteiger partial charge is 0.665 e. The van der Waals surface area contributed by atoms with Gasteiger partial charge < -0.3 is 15.5 Å². The summed E-state index contributed by atoms with van der Waals surface area (Å²) in [6, 6.07) is 0.341. The normalized spacial score (nSPS) is 23.8. The van der Waals surface area contributed by atoms with Crippen LogP contribution in [0.3, 0.4) is 0 Å². The van der Waals surface area contributed by atoms with E-state index in [0.717, 1.165) is 38.8 Å². The molecule has 112 valence electrons. The number of fused-ring (bicyclic) bond motifs is 3. The quantitative estimate of drug-likeness (QED) is 0.704. The van der Waals surface area contributed by atoms with E-state index in [0.29, 0.717) is 11.9 Å². The molecule has 2 saturated heterocycles. The number of nitrogens with zero attached hydrogens (tertiary/aromatic N) is 2. The zero-order chi connectivity index (χ0) is 14.5. The minimum Gasteiger partial charge on any atom is -0.665 e. The van der Waals surface area contributed by atoms with Gasteiger partial charge in [0.1, 0.15) is 0 Å². The molecular formula is C16H26KN3O. The predicted molar refractivity (Wildman–Crippen MR) is 82.6 cm³/mol. The number of piperidine rings is 2. The Kier molecular flexibility index (Phi) is 8.75. The maximum Gasteiger partial charge on any atom is 1.00 e. The Bertz CT molecular complexity index is 417. The zero-order valence-corrected chi connectivity index (χ0v) is 17.0. The van der Waals surface area contributed by atoms with E-state index in [1.165, 1.54) is 23.3 Å². The molecule has 2 bridgehead atoms. The predicted octanol–water partition coefficient (Wildman–Crippen LogP) is -0.411. The van der Waals surface area contributed by atoms with E-state index < -0.39 is 0 Å². The van der Waals surface area contributed by atoms with Crippen LogP contribution in [0.1, 0.15) is 39.0 Å². The van der Waals surface area contributed by atoms with Crippen molar-refractivity contribution >= 4 is 5.91 Å². The van der Waals surface area contributed by atoms with Crippen LogP contribution < -0.4 is 56.7 Å². The molecule has 1 aliphatic carbocycles. The second-order valence-electron chi connectivity index (χ2n) is 5.63. The second-order valence-corrected chi connectivity index (χ2v) is 5.63. The largest absolute Gasteiger partial charge is 1.00 e. The molecule has 4 aliphatic rings. The van der Waals surface area contributed by atoms with Crippen molar-refractivity contribution in [1.82, 2.24) is 10.2 Å². The molecule has 2 fully saturated rings. The fourth-order valence-corrected chi connectivity index (χ4v) is 3.03. The number of allylic oxidation sites excluding steroid dienone is 1. The Morgan fingerprint density at radius 3 is 2.57 bits per heavy atom. The average molecular weight is 316 g/mol. The maximum atomic E-state index is 11.7. The van der Waals surface area contributed by atoms with Gasteiger partial charge in [0, 0.05) is 25.7 Å². The van der Waals surface area contributed by atoms with E-state index in [1.807, 2.05) is 18.9 Å². The van der Waals surface area contributed by atoms with Crippen LogP contribution in [0, 0.1) is 0 Å². The number of likely N-dealkylation sites (tertiary alicyclic amines) is 1. The van der Waals surface area contributed by atoms with Crippen molar-refractivity contribution in [3.8, 4) is 0 Å². The summed E-state index contributed by atoms with van der Waals surface area (Å²) in [7, 11) is 3.76. The van der Waals surface area contributed by atoms with E-state index in [4.69, 9.17) is 0 Å². The molecule has 1 unspecified atom stereocenters. The molecule has 0 aromatic carbocycles. The summed E-state index contributed by atoms with van der Waals surface area (Å²) in [4.78, 5) is 13.7. The van der Waals surface area contributed by atoms with E-state index in [9.17, 15) is 4.79 Å². The van der Waals surface area contributed by atoms with Crippen LogP contribution >= 0.6 is 0 Å². The first-order valence-electron chi connectivity index (χ1n) is 7.65. The summed E-state index contributed by atoms with van der Waals surface area (Å²) < 4.78 is 0. The van der Waals surface area contributed by atoms with Crippen molar-refractivity contribution in [2.75, 3.05) is 27.2 Å². The van der Waals surface area contributed by atoms with Crippen LogP contribution in [0.4, 0.5) is 0 Å². The third kappa shape index (κ3) is 4.91. The number of amides is 1. The molecule has 1 amide bonds. The standard InChI is InChI=1S/C13H18N2O.C3H8N.K/c1-15-12(3-2-4-13(15)16)11-7-10-6-5-9(11)8-14-10;1-3-4-2;/h7,12,14H,2-6,8H2,1H3;3H2,1-2H3;/q;-1;+1. The van der Waals surface area contributed by atoms with Crippen molar-refractivity contribution in [3.63, 3.8) is 0 Å². The number of dihydropyridines is 1. The van der Waals surface area contributed by atoms with Crippen molar-refractivity contribution < 1.29 is 56.2 Å². The Labute approximate surface area is 171 Å². The minimum absolute atomic E-state index is 0. The van der Waals surface area contributed by atoms with E-state index in [-0.39, 0.29) is 51.4 Å². The summed E-state index contributed by atoms with van der Waals surface area (Å²) >= 11 is 0. The first kappa shape index (κ1) is 19.4. The second kappa shape index (κ2) is 9.48. The molecule has 1 N–H and O–H groups in total. The van der Waals surface area contributed by atoms with Crippen LogP contribution in [0.25, 0.3) is 5.32 Å². The molecular weight excluding hydrogens is 289 g/mol. The average Bonchev–Trinajstić information content (AvgIpc) is 2.51. The van der Waals surface area contributed by atoms with Crippen molar-refractivity contribution in [3.05, 3.63) is 28.2 Å². The molecule has 0 aromatic heterocycles. The third-order valence-electron chi connectivity index (χ3n) is 4.37. The molecule has 1 atom stereocenters. The summed E-state index contributed by atoms with van der Waals surface area (Å²) in [6.45, 7) is 3.96. The SMILES string of the molecule is CC[N-]C.CN1C(=O)CCCC1C1=C2CCC(=C1)NC2.[K+]. The van der Waals surface area contributed by atoms with Gasteiger partial charge in [0.2, 0.25) is 5.91 Å². The monoisotopic (exact) mass is 315 g/mol. The molecule has 0 aromatic rings. The van der Waals surface area contributed by atoms with Crippen molar-refractivity contribution in [2.24, 2.45) is 0 Å². The topological polar surface area (TPSA) is 46.4 Å². The van der Waals surface area contributed by atoms with Gasteiger partial charge in [0.15, 0.2) is 0 Å². The van der Waals surface area contributed by atoms with Gasteiger partial charge in [-0.05, 0) is 42.9 Å². The fraction of sp³-hybridized carbons (Fsp3) is 0.688. The Balaban J connectivity index is 0.000000397. The first-order chi connectivity index (χ1) is 9.67. The molecule has 4 nitrogen and oxygen atoms in total. The Morgan fingerprint density at radius 2 is 2.10 bits per heavy atom. The summed E-state index contributed by atoms with van der Waals surface area (Å²) in [5.74, 6) is 0.303. The number of hydrogen-bond donors (Lipinski definition) is 1. The minimum atomic E-state index is 0. The van der Waals surface area contributed by atoms with Gasteiger partial charge >= 0.3 is 51.4 Å². The van der Waals surface area contributed by atoms with Crippen LogP contribution in [-0.2, 0) is 4.79 Å².